The molecule has 1 N–H and O–H groups in total. The van der Waals surface area contributed by atoms with Gasteiger partial charge in [0.2, 0.25) is 5.91 Å². The van der Waals surface area contributed by atoms with Gasteiger partial charge in [0.15, 0.2) is 5.13 Å². The third kappa shape index (κ3) is 3.73. The minimum absolute atomic E-state index is 0.103. The second kappa shape index (κ2) is 7.53. The smallest absolute Gasteiger partial charge is 0.262 e. The third-order valence-corrected chi connectivity index (χ3v) is 6.75. The van der Waals surface area contributed by atoms with Crippen LogP contribution in [0, 0.1) is 27.7 Å². The Kier molecular flexibility index (Phi) is 5.06. The molecule has 0 aliphatic rings. The lowest BCUT2D eigenvalue weighted by Crippen LogP contribution is -2.27. The lowest BCUT2D eigenvalue weighted by atomic mass is 10.0. The summed E-state index contributed by atoms with van der Waals surface area (Å²) < 4.78 is 1.34. The predicted molar refractivity (Wildman–Crippen MR) is 119 cm³/mol. The summed E-state index contributed by atoms with van der Waals surface area (Å²) in [6.07, 6.45) is 1.43. The van der Waals surface area contributed by atoms with E-state index in [0.717, 1.165) is 27.3 Å². The molecule has 8 heteroatoms. The first kappa shape index (κ1) is 19.5. The Morgan fingerprint density at radius 3 is 2.76 bits per heavy atom. The summed E-state index contributed by atoms with van der Waals surface area (Å²) >= 11 is 2.86. The fourth-order valence-corrected chi connectivity index (χ4v) is 4.97. The number of nitrogens with one attached hydrogen (secondary N) is 1. The van der Waals surface area contributed by atoms with Crippen LogP contribution in [0.4, 0.5) is 5.13 Å². The summed E-state index contributed by atoms with van der Waals surface area (Å²) in [5.41, 5.74) is 4.94. The highest BCUT2D eigenvalue weighted by Crippen LogP contribution is 2.28. The Hall–Kier alpha value is -2.84. The van der Waals surface area contributed by atoms with Crippen molar-refractivity contribution < 1.29 is 4.79 Å². The zero-order valence-corrected chi connectivity index (χ0v) is 18.2. The normalized spacial score (nSPS) is 11.2. The molecule has 4 aromatic rings. The second-order valence-corrected chi connectivity index (χ2v) is 9.11. The molecule has 0 atom stereocenters. The summed E-state index contributed by atoms with van der Waals surface area (Å²) in [5.74, 6) is -0.306. The molecule has 0 radical (unpaired) electrons. The molecule has 4 rings (SSSR count). The van der Waals surface area contributed by atoms with Crippen molar-refractivity contribution in [3.05, 3.63) is 61.8 Å². The first-order valence-corrected chi connectivity index (χ1v) is 10.8. The number of carbonyl (C=O) groups excluding carboxylic acids is 1. The molecule has 6 nitrogen and oxygen atoms in total. The van der Waals surface area contributed by atoms with E-state index >= 15 is 0 Å². The van der Waals surface area contributed by atoms with Crippen molar-refractivity contribution in [1.82, 2.24) is 14.5 Å². The number of carbonyl (C=O) groups is 1. The maximum Gasteiger partial charge on any atom is 0.262 e. The number of thiophene rings is 1. The summed E-state index contributed by atoms with van der Waals surface area (Å²) in [7, 11) is 0. The molecule has 0 fully saturated rings. The summed E-state index contributed by atoms with van der Waals surface area (Å²) in [5, 5.41) is 5.81. The Labute approximate surface area is 175 Å². The molecule has 1 amide bonds. The summed E-state index contributed by atoms with van der Waals surface area (Å²) in [6.45, 7) is 7.87. The van der Waals surface area contributed by atoms with Crippen molar-refractivity contribution in [3.8, 4) is 11.3 Å². The van der Waals surface area contributed by atoms with Crippen LogP contribution in [0.5, 0.6) is 0 Å². The van der Waals surface area contributed by atoms with Gasteiger partial charge in [-0.15, -0.1) is 22.7 Å². The number of benzene rings is 1. The highest BCUT2D eigenvalue weighted by molar-refractivity contribution is 7.18. The van der Waals surface area contributed by atoms with Gasteiger partial charge in [-0.3, -0.25) is 14.2 Å². The number of fused-ring (bicyclic) bond motifs is 1. The number of aromatic nitrogens is 3. The molecule has 1 aromatic carbocycles. The molecule has 0 saturated carbocycles. The molecule has 0 bridgehead atoms. The SMILES string of the molecule is Cc1ccc(-c2csc(NC(=O)Cn3cnc4sc(C)c(C)c4c3=O)n2)c(C)c1. The minimum atomic E-state index is -0.306. The molecule has 3 heterocycles. The average molecular weight is 425 g/mol. The number of amides is 1. The van der Waals surface area contributed by atoms with Crippen LogP contribution < -0.4 is 10.9 Å². The van der Waals surface area contributed by atoms with Gasteiger partial charge in [0, 0.05) is 15.8 Å². The topological polar surface area (TPSA) is 76.9 Å². The molecule has 148 valence electrons. The van der Waals surface area contributed by atoms with Crippen LogP contribution in [0.25, 0.3) is 21.5 Å². The zero-order chi connectivity index (χ0) is 20.7. The second-order valence-electron chi connectivity index (χ2n) is 7.05. The number of anilines is 1. The fourth-order valence-electron chi connectivity index (χ4n) is 3.25. The number of hydrogen-bond donors (Lipinski definition) is 1. The highest BCUT2D eigenvalue weighted by atomic mass is 32.1. The van der Waals surface area contributed by atoms with E-state index in [1.807, 2.05) is 38.3 Å². The Morgan fingerprint density at radius 2 is 2.00 bits per heavy atom. The maximum atomic E-state index is 12.7. The Morgan fingerprint density at radius 1 is 1.21 bits per heavy atom. The van der Waals surface area contributed by atoms with Gasteiger partial charge in [-0.1, -0.05) is 23.8 Å². The molecular formula is C21H20N4O2S2. The van der Waals surface area contributed by atoms with Gasteiger partial charge in [0.1, 0.15) is 11.4 Å². The van der Waals surface area contributed by atoms with Crippen molar-refractivity contribution in [2.24, 2.45) is 0 Å². The molecule has 3 aromatic heterocycles. The number of aryl methyl sites for hydroxylation is 4. The molecule has 0 unspecified atom stereocenters. The van der Waals surface area contributed by atoms with Crippen molar-refractivity contribution in [3.63, 3.8) is 0 Å². The standard InChI is InChI=1S/C21H20N4O2S2/c1-11-5-6-15(12(2)7-11)16-9-28-21(23-16)24-17(26)8-25-10-22-19-18(20(25)27)13(3)14(4)29-19/h5-7,9-10H,8H2,1-4H3,(H,23,24,26). The van der Waals surface area contributed by atoms with Crippen molar-refractivity contribution in [2.45, 2.75) is 34.2 Å². The lowest BCUT2D eigenvalue weighted by Gasteiger charge is -2.06. The van der Waals surface area contributed by atoms with Crippen LogP contribution in [0.15, 0.2) is 34.7 Å². The number of rotatable bonds is 4. The van der Waals surface area contributed by atoms with Crippen LogP contribution in [-0.2, 0) is 11.3 Å². The van der Waals surface area contributed by atoms with E-state index in [-0.39, 0.29) is 18.0 Å². The van der Waals surface area contributed by atoms with E-state index in [1.165, 1.54) is 39.1 Å². The first-order chi connectivity index (χ1) is 13.8. The highest BCUT2D eigenvalue weighted by Gasteiger charge is 2.15. The van der Waals surface area contributed by atoms with Crippen LogP contribution in [0.2, 0.25) is 0 Å². The third-order valence-electron chi connectivity index (χ3n) is 4.88. The largest absolute Gasteiger partial charge is 0.300 e. The van der Waals surface area contributed by atoms with Crippen molar-refractivity contribution in [2.75, 3.05) is 5.32 Å². The Balaban J connectivity index is 1.53. The van der Waals surface area contributed by atoms with Crippen LogP contribution in [0.1, 0.15) is 21.6 Å². The van der Waals surface area contributed by atoms with E-state index in [4.69, 9.17) is 0 Å². The molecule has 29 heavy (non-hydrogen) atoms. The van der Waals surface area contributed by atoms with E-state index in [2.05, 4.69) is 28.3 Å². The average Bonchev–Trinajstić information content (AvgIpc) is 3.22. The number of nitrogens with zero attached hydrogens (tertiary/aromatic N) is 3. The van der Waals surface area contributed by atoms with Crippen LogP contribution >= 0.6 is 22.7 Å². The van der Waals surface area contributed by atoms with Crippen molar-refractivity contribution in [1.29, 1.82) is 0 Å². The van der Waals surface area contributed by atoms with Gasteiger partial charge in [-0.05, 0) is 38.8 Å². The van der Waals surface area contributed by atoms with Gasteiger partial charge < -0.3 is 5.32 Å². The van der Waals surface area contributed by atoms with Gasteiger partial charge >= 0.3 is 0 Å². The minimum Gasteiger partial charge on any atom is -0.300 e. The molecule has 0 saturated heterocycles. The fraction of sp³-hybridized carbons (Fsp3) is 0.238. The maximum absolute atomic E-state index is 12.7. The molecule has 0 spiro atoms. The summed E-state index contributed by atoms with van der Waals surface area (Å²) in [6, 6.07) is 6.19. The van der Waals surface area contributed by atoms with E-state index in [0.29, 0.717) is 15.3 Å². The van der Waals surface area contributed by atoms with Gasteiger partial charge in [-0.2, -0.15) is 0 Å². The van der Waals surface area contributed by atoms with E-state index < -0.39 is 0 Å². The summed E-state index contributed by atoms with van der Waals surface area (Å²) in [4.78, 5) is 35.9. The van der Waals surface area contributed by atoms with Crippen LogP contribution in [-0.4, -0.2) is 20.4 Å². The molecule has 0 aliphatic heterocycles. The first-order valence-electron chi connectivity index (χ1n) is 9.11. The number of hydrogen-bond acceptors (Lipinski definition) is 6. The zero-order valence-electron chi connectivity index (χ0n) is 16.6. The van der Waals surface area contributed by atoms with E-state index in [1.54, 1.807) is 0 Å². The van der Waals surface area contributed by atoms with Gasteiger partial charge in [-0.25, -0.2) is 9.97 Å². The van der Waals surface area contributed by atoms with Gasteiger partial charge in [0.05, 0.1) is 17.4 Å². The van der Waals surface area contributed by atoms with Crippen molar-refractivity contribution >= 4 is 43.9 Å². The molecule has 0 aliphatic carbocycles. The lowest BCUT2D eigenvalue weighted by molar-refractivity contribution is -0.116. The quantitative estimate of drug-likeness (QED) is 0.525. The van der Waals surface area contributed by atoms with E-state index in [9.17, 15) is 9.59 Å². The van der Waals surface area contributed by atoms with Crippen LogP contribution in [0.3, 0.4) is 0 Å². The number of thiazole rings is 1. The Bertz CT molecular complexity index is 1300. The molecular weight excluding hydrogens is 404 g/mol. The monoisotopic (exact) mass is 424 g/mol. The predicted octanol–water partition coefficient (Wildman–Crippen LogP) is 4.45. The van der Waals surface area contributed by atoms with Gasteiger partial charge in [0.25, 0.3) is 5.56 Å².